The molecule has 1 saturated heterocycles. The molecule has 1 atom stereocenters. The number of aryl methyl sites for hydroxylation is 1. The number of methoxy groups -OCH3 is 1. The Morgan fingerprint density at radius 1 is 1.57 bits per heavy atom. The maximum atomic E-state index is 12.4. The Hall–Kier alpha value is -2.09. The van der Waals surface area contributed by atoms with Crippen molar-refractivity contribution in [3.8, 4) is 0 Å². The van der Waals surface area contributed by atoms with Crippen molar-refractivity contribution in [2.24, 2.45) is 0 Å². The van der Waals surface area contributed by atoms with Gasteiger partial charge in [-0.15, -0.1) is 0 Å². The molecular weight excluding hydrogens is 276 g/mol. The Labute approximate surface area is 122 Å². The Kier molecular flexibility index (Phi) is 4.79. The van der Waals surface area contributed by atoms with Crippen LogP contribution in [0.3, 0.4) is 0 Å². The fourth-order valence-corrected chi connectivity index (χ4v) is 2.27. The number of morpholine rings is 1. The van der Waals surface area contributed by atoms with E-state index in [1.807, 2.05) is 6.92 Å². The van der Waals surface area contributed by atoms with E-state index < -0.39 is 0 Å². The van der Waals surface area contributed by atoms with Crippen LogP contribution in [0.5, 0.6) is 0 Å². The molecule has 21 heavy (non-hydrogen) atoms. The molecule has 3 N–H and O–H groups in total. The second kappa shape index (κ2) is 6.57. The molecule has 8 nitrogen and oxygen atoms in total. The van der Waals surface area contributed by atoms with Crippen LogP contribution in [0.2, 0.25) is 0 Å². The van der Waals surface area contributed by atoms with Crippen molar-refractivity contribution in [2.45, 2.75) is 25.9 Å². The minimum absolute atomic E-state index is 0.122. The van der Waals surface area contributed by atoms with Gasteiger partial charge in [-0.05, 0) is 6.42 Å². The number of ether oxygens (including phenoxy) is 2. The van der Waals surface area contributed by atoms with Gasteiger partial charge in [0.05, 0.1) is 37.6 Å². The van der Waals surface area contributed by atoms with Crippen molar-refractivity contribution in [3.63, 3.8) is 0 Å². The number of rotatable bonds is 4. The molecule has 1 aliphatic rings. The number of carbonyl (C=O) groups is 2. The Morgan fingerprint density at radius 2 is 2.33 bits per heavy atom. The molecule has 1 aromatic heterocycles. The molecule has 0 saturated carbocycles. The summed E-state index contributed by atoms with van der Waals surface area (Å²) in [4.78, 5) is 25.3. The SMILES string of the molecule is CCc1[nH]nc(C(=O)N2CCOC(CC(=O)OC)C2)c1N. The number of carbonyl (C=O) groups excluding carboxylic acids is 2. The third-order valence-electron chi connectivity index (χ3n) is 3.49. The summed E-state index contributed by atoms with van der Waals surface area (Å²) in [7, 11) is 1.32. The molecule has 2 rings (SSSR count). The standard InChI is InChI=1S/C13H20N4O4/c1-3-9-11(14)12(16-15-9)13(19)17-4-5-21-8(7-17)6-10(18)20-2/h8H,3-7,14H2,1-2H3,(H,15,16). The fourth-order valence-electron chi connectivity index (χ4n) is 2.27. The molecule has 0 aliphatic carbocycles. The third kappa shape index (κ3) is 3.33. The zero-order valence-electron chi connectivity index (χ0n) is 12.2. The number of esters is 1. The van der Waals surface area contributed by atoms with Gasteiger partial charge in [0.15, 0.2) is 5.69 Å². The van der Waals surface area contributed by atoms with E-state index in [-0.39, 0.29) is 30.1 Å². The first-order chi connectivity index (χ1) is 10.1. The topological polar surface area (TPSA) is 111 Å². The average molecular weight is 296 g/mol. The highest BCUT2D eigenvalue weighted by Crippen LogP contribution is 2.18. The predicted molar refractivity (Wildman–Crippen MR) is 74.7 cm³/mol. The largest absolute Gasteiger partial charge is 0.469 e. The molecule has 1 fully saturated rings. The Bertz CT molecular complexity index is 528. The lowest BCUT2D eigenvalue weighted by molar-refractivity contribution is -0.145. The molecule has 1 aromatic rings. The monoisotopic (exact) mass is 296 g/mol. The number of nitrogens with zero attached hydrogens (tertiary/aromatic N) is 2. The van der Waals surface area contributed by atoms with E-state index in [1.54, 1.807) is 4.90 Å². The minimum Gasteiger partial charge on any atom is -0.469 e. The van der Waals surface area contributed by atoms with Gasteiger partial charge in [0, 0.05) is 13.1 Å². The second-order valence-electron chi connectivity index (χ2n) is 4.84. The highest BCUT2D eigenvalue weighted by molar-refractivity contribution is 5.97. The lowest BCUT2D eigenvalue weighted by Crippen LogP contribution is -2.46. The molecule has 8 heteroatoms. The third-order valence-corrected chi connectivity index (χ3v) is 3.49. The van der Waals surface area contributed by atoms with Gasteiger partial charge in [-0.2, -0.15) is 5.10 Å². The van der Waals surface area contributed by atoms with E-state index in [2.05, 4.69) is 14.9 Å². The molecule has 1 aliphatic heterocycles. The van der Waals surface area contributed by atoms with Crippen LogP contribution in [-0.2, 0) is 20.7 Å². The summed E-state index contributed by atoms with van der Waals surface area (Å²) in [5, 5.41) is 6.76. The molecule has 1 unspecified atom stereocenters. The molecule has 0 radical (unpaired) electrons. The normalized spacial score (nSPS) is 18.6. The highest BCUT2D eigenvalue weighted by Gasteiger charge is 2.29. The summed E-state index contributed by atoms with van der Waals surface area (Å²) >= 11 is 0. The van der Waals surface area contributed by atoms with Gasteiger partial charge in [-0.3, -0.25) is 14.7 Å². The summed E-state index contributed by atoms with van der Waals surface area (Å²) in [6.07, 6.45) is 0.442. The van der Waals surface area contributed by atoms with Crippen LogP contribution in [0, 0.1) is 0 Å². The van der Waals surface area contributed by atoms with Crippen molar-refractivity contribution in [1.29, 1.82) is 0 Å². The van der Waals surface area contributed by atoms with Crippen LogP contribution in [0.15, 0.2) is 0 Å². The number of aromatic nitrogens is 2. The van der Waals surface area contributed by atoms with Gasteiger partial charge in [0.1, 0.15) is 0 Å². The van der Waals surface area contributed by atoms with Crippen molar-refractivity contribution in [2.75, 3.05) is 32.5 Å². The number of hydrogen-bond donors (Lipinski definition) is 2. The fraction of sp³-hybridized carbons (Fsp3) is 0.615. The van der Waals surface area contributed by atoms with Crippen LogP contribution in [0.1, 0.15) is 29.5 Å². The average Bonchev–Trinajstić information content (AvgIpc) is 2.87. The number of anilines is 1. The first-order valence-electron chi connectivity index (χ1n) is 6.87. The van der Waals surface area contributed by atoms with Crippen molar-refractivity contribution < 1.29 is 19.1 Å². The number of nitrogens with two attached hydrogens (primary N) is 1. The van der Waals surface area contributed by atoms with E-state index in [1.165, 1.54) is 7.11 Å². The summed E-state index contributed by atoms with van der Waals surface area (Å²) in [6.45, 7) is 3.07. The van der Waals surface area contributed by atoms with E-state index in [9.17, 15) is 9.59 Å². The van der Waals surface area contributed by atoms with Crippen molar-refractivity contribution in [3.05, 3.63) is 11.4 Å². The second-order valence-corrected chi connectivity index (χ2v) is 4.84. The first kappa shape index (κ1) is 15.3. The van der Waals surface area contributed by atoms with Crippen LogP contribution >= 0.6 is 0 Å². The lowest BCUT2D eigenvalue weighted by Gasteiger charge is -2.32. The summed E-state index contributed by atoms with van der Waals surface area (Å²) in [6, 6.07) is 0. The Morgan fingerprint density at radius 3 is 2.95 bits per heavy atom. The van der Waals surface area contributed by atoms with E-state index >= 15 is 0 Å². The number of H-pyrrole nitrogens is 1. The zero-order chi connectivity index (χ0) is 15.4. The number of aromatic amines is 1. The molecule has 0 aromatic carbocycles. The van der Waals surface area contributed by atoms with Crippen LogP contribution in [-0.4, -0.2) is 59.9 Å². The number of amides is 1. The van der Waals surface area contributed by atoms with Crippen LogP contribution in [0.25, 0.3) is 0 Å². The summed E-state index contributed by atoms with van der Waals surface area (Å²) in [5.74, 6) is -0.608. The number of nitrogens with one attached hydrogen (secondary N) is 1. The Balaban J connectivity index is 2.04. The van der Waals surface area contributed by atoms with Crippen molar-refractivity contribution >= 4 is 17.6 Å². The smallest absolute Gasteiger partial charge is 0.308 e. The highest BCUT2D eigenvalue weighted by atomic mass is 16.5. The molecule has 116 valence electrons. The van der Waals surface area contributed by atoms with E-state index in [4.69, 9.17) is 10.5 Å². The molecule has 2 heterocycles. The van der Waals surface area contributed by atoms with Gasteiger partial charge >= 0.3 is 5.97 Å². The number of hydrogen-bond acceptors (Lipinski definition) is 6. The van der Waals surface area contributed by atoms with Crippen LogP contribution in [0.4, 0.5) is 5.69 Å². The van der Waals surface area contributed by atoms with E-state index in [0.717, 1.165) is 5.69 Å². The maximum Gasteiger partial charge on any atom is 0.308 e. The zero-order valence-corrected chi connectivity index (χ0v) is 12.2. The maximum absolute atomic E-state index is 12.4. The molecule has 1 amide bonds. The van der Waals surface area contributed by atoms with Gasteiger partial charge in [0.25, 0.3) is 5.91 Å². The van der Waals surface area contributed by atoms with Gasteiger partial charge in [-0.1, -0.05) is 6.92 Å². The van der Waals surface area contributed by atoms with E-state index in [0.29, 0.717) is 31.8 Å². The molecular formula is C13H20N4O4. The summed E-state index contributed by atoms with van der Waals surface area (Å²) < 4.78 is 10.1. The van der Waals surface area contributed by atoms with Crippen molar-refractivity contribution in [1.82, 2.24) is 15.1 Å². The first-order valence-corrected chi connectivity index (χ1v) is 6.87. The minimum atomic E-state index is -0.360. The summed E-state index contributed by atoms with van der Waals surface area (Å²) in [5.41, 5.74) is 7.27. The molecule has 0 bridgehead atoms. The quantitative estimate of drug-likeness (QED) is 0.754. The van der Waals surface area contributed by atoms with Crippen LogP contribution < -0.4 is 5.73 Å². The lowest BCUT2D eigenvalue weighted by atomic mass is 10.2. The van der Waals surface area contributed by atoms with Gasteiger partial charge in [0.2, 0.25) is 0 Å². The predicted octanol–water partition coefficient (Wildman–Crippen LogP) is -0.0416. The molecule has 0 spiro atoms. The van der Waals surface area contributed by atoms with Gasteiger partial charge in [-0.25, -0.2) is 0 Å². The van der Waals surface area contributed by atoms with Gasteiger partial charge < -0.3 is 20.1 Å². The number of nitrogen functional groups attached to an aromatic ring is 1.